The number of methoxy groups -OCH3 is 1. The highest BCUT2D eigenvalue weighted by Crippen LogP contribution is 2.25. The Balaban J connectivity index is 1.94. The molecule has 128 valence electrons. The van der Waals surface area contributed by atoms with Gasteiger partial charge in [0.05, 0.1) is 18.2 Å². The zero-order valence-electron chi connectivity index (χ0n) is 13.7. The fourth-order valence-electron chi connectivity index (χ4n) is 2.18. The SMILES string of the molecule is COc1ccc([C@@H](C)NC(=O)COc2cc(C)ccc2Cl)cc1F. The van der Waals surface area contributed by atoms with Gasteiger partial charge in [-0.2, -0.15) is 0 Å². The Kier molecular flexibility index (Phi) is 6.04. The smallest absolute Gasteiger partial charge is 0.258 e. The van der Waals surface area contributed by atoms with E-state index in [-0.39, 0.29) is 24.3 Å². The summed E-state index contributed by atoms with van der Waals surface area (Å²) in [6.45, 7) is 3.49. The van der Waals surface area contributed by atoms with E-state index in [1.165, 1.54) is 19.2 Å². The van der Waals surface area contributed by atoms with Crippen LogP contribution in [0.1, 0.15) is 24.1 Å². The van der Waals surface area contributed by atoms with Crippen molar-refractivity contribution in [2.45, 2.75) is 19.9 Å². The monoisotopic (exact) mass is 351 g/mol. The zero-order chi connectivity index (χ0) is 17.7. The number of carbonyl (C=O) groups is 1. The van der Waals surface area contributed by atoms with Crippen LogP contribution in [0.3, 0.4) is 0 Å². The van der Waals surface area contributed by atoms with Gasteiger partial charge in [-0.1, -0.05) is 23.7 Å². The van der Waals surface area contributed by atoms with E-state index in [9.17, 15) is 9.18 Å². The second-order valence-electron chi connectivity index (χ2n) is 5.41. The van der Waals surface area contributed by atoms with Gasteiger partial charge in [0.1, 0.15) is 5.75 Å². The minimum atomic E-state index is -0.473. The van der Waals surface area contributed by atoms with Crippen LogP contribution in [0.15, 0.2) is 36.4 Å². The topological polar surface area (TPSA) is 47.6 Å². The lowest BCUT2D eigenvalue weighted by Crippen LogP contribution is -2.31. The summed E-state index contributed by atoms with van der Waals surface area (Å²) in [6.07, 6.45) is 0. The van der Waals surface area contributed by atoms with E-state index in [4.69, 9.17) is 21.1 Å². The molecular formula is C18H19ClFNO3. The van der Waals surface area contributed by atoms with Crippen molar-refractivity contribution in [3.8, 4) is 11.5 Å². The maximum absolute atomic E-state index is 13.7. The van der Waals surface area contributed by atoms with Gasteiger partial charge in [-0.3, -0.25) is 4.79 Å². The number of aryl methyl sites for hydroxylation is 1. The fourth-order valence-corrected chi connectivity index (χ4v) is 2.36. The van der Waals surface area contributed by atoms with Crippen LogP contribution in [-0.4, -0.2) is 19.6 Å². The summed E-state index contributed by atoms with van der Waals surface area (Å²) in [5, 5.41) is 3.19. The molecule has 1 N–H and O–H groups in total. The van der Waals surface area contributed by atoms with E-state index in [2.05, 4.69) is 5.32 Å². The van der Waals surface area contributed by atoms with Crippen molar-refractivity contribution in [2.24, 2.45) is 0 Å². The molecule has 0 spiro atoms. The third kappa shape index (κ3) is 4.61. The van der Waals surface area contributed by atoms with Crippen molar-refractivity contribution in [3.05, 3.63) is 58.4 Å². The van der Waals surface area contributed by atoms with E-state index in [0.717, 1.165) is 5.56 Å². The molecule has 1 amide bonds. The van der Waals surface area contributed by atoms with E-state index in [1.807, 2.05) is 13.0 Å². The lowest BCUT2D eigenvalue weighted by Gasteiger charge is -2.16. The number of hydrogen-bond donors (Lipinski definition) is 1. The Morgan fingerprint density at radius 3 is 2.67 bits per heavy atom. The molecule has 2 rings (SSSR count). The highest BCUT2D eigenvalue weighted by Gasteiger charge is 2.13. The average Bonchev–Trinajstić information content (AvgIpc) is 2.55. The molecule has 0 aliphatic carbocycles. The van der Waals surface area contributed by atoms with Crippen LogP contribution in [0.5, 0.6) is 11.5 Å². The summed E-state index contributed by atoms with van der Waals surface area (Å²) in [7, 11) is 1.40. The van der Waals surface area contributed by atoms with Crippen molar-refractivity contribution in [3.63, 3.8) is 0 Å². The molecule has 0 unspecified atom stereocenters. The summed E-state index contributed by atoms with van der Waals surface area (Å²) in [5.74, 6) is -0.181. The number of benzene rings is 2. The quantitative estimate of drug-likeness (QED) is 0.854. The van der Waals surface area contributed by atoms with Gasteiger partial charge in [-0.05, 0) is 49.2 Å². The van der Waals surface area contributed by atoms with Gasteiger partial charge >= 0.3 is 0 Å². The molecule has 0 fully saturated rings. The Labute approximate surface area is 145 Å². The predicted octanol–water partition coefficient (Wildman–Crippen LogP) is 4.05. The first-order chi connectivity index (χ1) is 11.4. The van der Waals surface area contributed by atoms with Crippen molar-refractivity contribution >= 4 is 17.5 Å². The number of amides is 1. The molecule has 0 bridgehead atoms. The summed E-state index contributed by atoms with van der Waals surface area (Å²) < 4.78 is 24.0. The molecule has 0 aliphatic heterocycles. The Morgan fingerprint density at radius 2 is 2.00 bits per heavy atom. The van der Waals surface area contributed by atoms with Crippen LogP contribution in [-0.2, 0) is 4.79 Å². The molecule has 1 atom stereocenters. The van der Waals surface area contributed by atoms with Gasteiger partial charge in [-0.25, -0.2) is 4.39 Å². The Morgan fingerprint density at radius 1 is 1.25 bits per heavy atom. The standard InChI is InChI=1S/C18H19ClFNO3/c1-11-4-6-14(19)17(8-11)24-10-18(22)21-12(2)13-5-7-16(23-3)15(20)9-13/h4-9,12H,10H2,1-3H3,(H,21,22)/t12-/m1/s1. The van der Waals surface area contributed by atoms with Gasteiger partial charge in [0, 0.05) is 0 Å². The average molecular weight is 352 g/mol. The molecule has 2 aromatic rings. The molecular weight excluding hydrogens is 333 g/mol. The number of halogens is 2. The van der Waals surface area contributed by atoms with Gasteiger partial charge in [0.25, 0.3) is 5.91 Å². The number of nitrogens with one attached hydrogen (secondary N) is 1. The Hall–Kier alpha value is -2.27. The zero-order valence-corrected chi connectivity index (χ0v) is 14.5. The molecule has 24 heavy (non-hydrogen) atoms. The van der Waals surface area contributed by atoms with Crippen LogP contribution in [0.4, 0.5) is 4.39 Å². The summed E-state index contributed by atoms with van der Waals surface area (Å²) in [6, 6.07) is 9.53. The highest BCUT2D eigenvalue weighted by molar-refractivity contribution is 6.32. The number of hydrogen-bond acceptors (Lipinski definition) is 3. The van der Waals surface area contributed by atoms with Crippen molar-refractivity contribution in [2.75, 3.05) is 13.7 Å². The predicted molar refractivity (Wildman–Crippen MR) is 91.2 cm³/mol. The van der Waals surface area contributed by atoms with Crippen molar-refractivity contribution in [1.29, 1.82) is 0 Å². The summed E-state index contributed by atoms with van der Waals surface area (Å²) >= 11 is 6.02. The van der Waals surface area contributed by atoms with Gasteiger partial charge in [-0.15, -0.1) is 0 Å². The van der Waals surface area contributed by atoms with Crippen molar-refractivity contribution < 1.29 is 18.7 Å². The van der Waals surface area contributed by atoms with E-state index in [1.54, 1.807) is 25.1 Å². The summed E-state index contributed by atoms with van der Waals surface area (Å²) in [4.78, 5) is 12.0. The summed E-state index contributed by atoms with van der Waals surface area (Å²) in [5.41, 5.74) is 1.62. The molecule has 0 heterocycles. The van der Waals surface area contributed by atoms with Crippen LogP contribution in [0.25, 0.3) is 0 Å². The maximum Gasteiger partial charge on any atom is 0.258 e. The lowest BCUT2D eigenvalue weighted by molar-refractivity contribution is -0.123. The Bertz CT molecular complexity index is 736. The molecule has 0 radical (unpaired) electrons. The second-order valence-corrected chi connectivity index (χ2v) is 5.81. The number of rotatable bonds is 6. The molecule has 6 heteroatoms. The third-order valence-electron chi connectivity index (χ3n) is 3.50. The van der Waals surface area contributed by atoms with Crippen LogP contribution < -0.4 is 14.8 Å². The molecule has 0 saturated carbocycles. The highest BCUT2D eigenvalue weighted by atomic mass is 35.5. The van der Waals surface area contributed by atoms with E-state index < -0.39 is 5.82 Å². The van der Waals surface area contributed by atoms with Gasteiger partial charge in [0.15, 0.2) is 18.2 Å². The van der Waals surface area contributed by atoms with Crippen LogP contribution in [0, 0.1) is 12.7 Å². The van der Waals surface area contributed by atoms with E-state index >= 15 is 0 Å². The molecule has 4 nitrogen and oxygen atoms in total. The first kappa shape index (κ1) is 18.1. The fraction of sp³-hybridized carbons (Fsp3) is 0.278. The van der Waals surface area contributed by atoms with Crippen LogP contribution >= 0.6 is 11.6 Å². The minimum absolute atomic E-state index is 0.162. The van der Waals surface area contributed by atoms with Crippen molar-refractivity contribution in [1.82, 2.24) is 5.32 Å². The largest absolute Gasteiger partial charge is 0.494 e. The minimum Gasteiger partial charge on any atom is -0.494 e. The normalized spacial score (nSPS) is 11.7. The van der Waals surface area contributed by atoms with Gasteiger partial charge < -0.3 is 14.8 Å². The maximum atomic E-state index is 13.7. The lowest BCUT2D eigenvalue weighted by atomic mass is 10.1. The molecule has 0 aromatic heterocycles. The second kappa shape index (κ2) is 8.02. The van der Waals surface area contributed by atoms with Crippen LogP contribution in [0.2, 0.25) is 5.02 Å². The molecule has 0 aliphatic rings. The first-order valence-electron chi connectivity index (χ1n) is 7.42. The third-order valence-corrected chi connectivity index (χ3v) is 3.81. The van der Waals surface area contributed by atoms with Gasteiger partial charge in [0.2, 0.25) is 0 Å². The number of ether oxygens (including phenoxy) is 2. The van der Waals surface area contributed by atoms with E-state index in [0.29, 0.717) is 16.3 Å². The molecule has 0 saturated heterocycles. The molecule has 2 aromatic carbocycles. The number of carbonyl (C=O) groups excluding carboxylic acids is 1. The first-order valence-corrected chi connectivity index (χ1v) is 7.80.